The van der Waals surface area contributed by atoms with Crippen molar-refractivity contribution in [3.8, 4) is 0 Å². The first-order valence-electron chi connectivity index (χ1n) is 5.19. The Morgan fingerprint density at radius 2 is 1.15 bits per heavy atom. The summed E-state index contributed by atoms with van der Waals surface area (Å²) in [6, 6.07) is 0. The van der Waals surface area contributed by atoms with Crippen LogP contribution in [0.5, 0.6) is 0 Å². The van der Waals surface area contributed by atoms with Crippen LogP contribution in [0.4, 0.5) is 0 Å². The van der Waals surface area contributed by atoms with E-state index in [1.54, 1.807) is 0 Å². The smallest absolute Gasteiger partial charge is 0.0912 e. The summed E-state index contributed by atoms with van der Waals surface area (Å²) in [5, 5.41) is 0. The zero-order chi connectivity index (χ0) is 9.90. The zero-order valence-electron chi connectivity index (χ0n) is 9.58. The molecule has 0 aromatic rings. The molecule has 0 amide bonds. The first kappa shape index (κ1) is 11.0. The highest BCUT2D eigenvalue weighted by Crippen LogP contribution is 2.01. The van der Waals surface area contributed by atoms with Crippen molar-refractivity contribution in [1.82, 2.24) is 9.80 Å². The summed E-state index contributed by atoms with van der Waals surface area (Å²) in [6.07, 6.45) is 0. The van der Waals surface area contributed by atoms with Crippen molar-refractivity contribution in [3.63, 3.8) is 0 Å². The van der Waals surface area contributed by atoms with Gasteiger partial charge in [0.25, 0.3) is 0 Å². The Balaban J connectivity index is 2.49. The van der Waals surface area contributed by atoms with Crippen molar-refractivity contribution in [3.05, 3.63) is 0 Å². The molecule has 78 valence electrons. The van der Waals surface area contributed by atoms with Gasteiger partial charge in [-0.05, 0) is 14.1 Å². The van der Waals surface area contributed by atoms with Gasteiger partial charge in [-0.1, -0.05) is 0 Å². The predicted octanol–water partition coefficient (Wildman–Crippen LogP) is -0.0600. The molecule has 0 atom stereocenters. The molecule has 1 saturated heterocycles. The third kappa shape index (κ3) is 4.07. The Morgan fingerprint density at radius 1 is 0.769 bits per heavy atom. The predicted molar refractivity (Wildman–Crippen MR) is 56.8 cm³/mol. The highest BCUT2D eigenvalue weighted by molar-refractivity contribution is 4.59. The molecular formula is C10H24N3+. The van der Waals surface area contributed by atoms with Crippen molar-refractivity contribution in [2.24, 2.45) is 0 Å². The van der Waals surface area contributed by atoms with Crippen molar-refractivity contribution >= 4 is 0 Å². The molecule has 1 rings (SSSR count). The van der Waals surface area contributed by atoms with Gasteiger partial charge in [0.15, 0.2) is 0 Å². The minimum Gasteiger partial charge on any atom is -0.326 e. The van der Waals surface area contributed by atoms with Gasteiger partial charge >= 0.3 is 0 Å². The largest absolute Gasteiger partial charge is 0.326 e. The maximum absolute atomic E-state index is 2.43. The average Bonchev–Trinajstić information content (AvgIpc) is 2.11. The summed E-state index contributed by atoms with van der Waals surface area (Å²) >= 11 is 0. The van der Waals surface area contributed by atoms with Crippen LogP contribution in [0.15, 0.2) is 0 Å². The minimum atomic E-state index is 1.15. The molecule has 13 heavy (non-hydrogen) atoms. The topological polar surface area (TPSA) is 6.48 Å². The first-order chi connectivity index (χ1) is 5.99. The molecule has 0 aliphatic carbocycles. The third-order valence-corrected chi connectivity index (χ3v) is 3.04. The Kier molecular flexibility index (Phi) is 3.71. The fourth-order valence-electron chi connectivity index (χ4n) is 1.56. The molecule has 0 bridgehead atoms. The first-order valence-corrected chi connectivity index (χ1v) is 5.19. The van der Waals surface area contributed by atoms with Gasteiger partial charge in [0.1, 0.15) is 0 Å². The van der Waals surface area contributed by atoms with Crippen LogP contribution in [0, 0.1) is 0 Å². The lowest BCUT2D eigenvalue weighted by atomic mass is 10.4. The third-order valence-electron chi connectivity index (χ3n) is 3.04. The number of rotatable bonds is 0. The second kappa shape index (κ2) is 4.40. The zero-order valence-corrected chi connectivity index (χ0v) is 9.58. The lowest BCUT2D eigenvalue weighted by Crippen LogP contribution is -2.46. The van der Waals surface area contributed by atoms with Crippen LogP contribution in [-0.2, 0) is 0 Å². The van der Waals surface area contributed by atoms with Gasteiger partial charge in [0.05, 0.1) is 27.2 Å². The van der Waals surface area contributed by atoms with Crippen LogP contribution in [-0.4, -0.2) is 81.7 Å². The van der Waals surface area contributed by atoms with Crippen molar-refractivity contribution in [2.75, 3.05) is 67.5 Å². The monoisotopic (exact) mass is 186 g/mol. The Morgan fingerprint density at radius 3 is 1.54 bits per heavy atom. The lowest BCUT2D eigenvalue weighted by molar-refractivity contribution is -0.889. The number of hydrogen-bond acceptors (Lipinski definition) is 2. The lowest BCUT2D eigenvalue weighted by Gasteiger charge is -2.30. The van der Waals surface area contributed by atoms with E-state index in [-0.39, 0.29) is 0 Å². The normalized spacial score (nSPS) is 27.7. The molecule has 0 spiro atoms. The van der Waals surface area contributed by atoms with Gasteiger partial charge in [-0.2, -0.15) is 0 Å². The Labute approximate surface area is 82.5 Å². The van der Waals surface area contributed by atoms with E-state index in [1.165, 1.54) is 39.3 Å². The Bertz CT molecular complexity index is 140. The van der Waals surface area contributed by atoms with Gasteiger partial charge < -0.3 is 4.48 Å². The van der Waals surface area contributed by atoms with Crippen LogP contribution in [0.1, 0.15) is 0 Å². The van der Waals surface area contributed by atoms with Crippen LogP contribution in [0.25, 0.3) is 0 Å². The molecule has 3 nitrogen and oxygen atoms in total. The molecule has 0 N–H and O–H groups in total. The van der Waals surface area contributed by atoms with Gasteiger partial charge in [-0.15, -0.1) is 0 Å². The quantitative estimate of drug-likeness (QED) is 0.489. The molecule has 1 fully saturated rings. The van der Waals surface area contributed by atoms with E-state index in [1.807, 2.05) is 0 Å². The molecule has 3 heteroatoms. The number of likely N-dealkylation sites (N-methyl/N-ethyl adjacent to an activating group) is 3. The Hall–Kier alpha value is -0.120. The molecular weight excluding hydrogens is 162 g/mol. The highest BCUT2D eigenvalue weighted by Gasteiger charge is 2.18. The molecule has 0 aromatic heterocycles. The molecule has 1 aliphatic heterocycles. The van der Waals surface area contributed by atoms with E-state index in [0.29, 0.717) is 0 Å². The van der Waals surface area contributed by atoms with Crippen molar-refractivity contribution in [1.29, 1.82) is 0 Å². The summed E-state index contributed by atoms with van der Waals surface area (Å²) in [4.78, 5) is 4.86. The SMILES string of the molecule is CN1CCN(C)CC[N+](C)(C)CC1. The second-order valence-electron chi connectivity index (χ2n) is 4.99. The summed E-state index contributed by atoms with van der Waals surface area (Å²) < 4.78 is 1.15. The van der Waals surface area contributed by atoms with Gasteiger partial charge in [-0.3, -0.25) is 9.80 Å². The fourth-order valence-corrected chi connectivity index (χ4v) is 1.56. The van der Waals surface area contributed by atoms with Crippen molar-refractivity contribution < 1.29 is 4.48 Å². The van der Waals surface area contributed by atoms with Gasteiger partial charge in [-0.25, -0.2) is 0 Å². The summed E-state index contributed by atoms with van der Waals surface area (Å²) in [5.74, 6) is 0. The fraction of sp³-hybridized carbons (Fsp3) is 1.00. The minimum absolute atomic E-state index is 1.15. The summed E-state index contributed by atoms with van der Waals surface area (Å²) in [7, 11) is 9.10. The van der Waals surface area contributed by atoms with Crippen LogP contribution >= 0.6 is 0 Å². The maximum Gasteiger partial charge on any atom is 0.0912 e. The molecule has 0 unspecified atom stereocenters. The van der Waals surface area contributed by atoms with E-state index in [4.69, 9.17) is 0 Å². The van der Waals surface area contributed by atoms with Gasteiger partial charge in [0, 0.05) is 26.2 Å². The highest BCUT2D eigenvalue weighted by atomic mass is 15.3. The number of quaternary nitrogens is 1. The average molecular weight is 186 g/mol. The van der Waals surface area contributed by atoms with Crippen LogP contribution in [0.2, 0.25) is 0 Å². The molecule has 1 heterocycles. The summed E-state index contributed by atoms with van der Waals surface area (Å²) in [6.45, 7) is 7.39. The van der Waals surface area contributed by atoms with Crippen LogP contribution in [0.3, 0.4) is 0 Å². The second-order valence-corrected chi connectivity index (χ2v) is 4.99. The number of nitrogens with zero attached hydrogens (tertiary/aromatic N) is 3. The van der Waals surface area contributed by atoms with E-state index >= 15 is 0 Å². The molecule has 1 aliphatic rings. The maximum atomic E-state index is 2.43. The summed E-state index contributed by atoms with van der Waals surface area (Å²) in [5.41, 5.74) is 0. The van der Waals surface area contributed by atoms with E-state index in [9.17, 15) is 0 Å². The van der Waals surface area contributed by atoms with Crippen LogP contribution < -0.4 is 0 Å². The van der Waals surface area contributed by atoms with E-state index in [0.717, 1.165) is 4.48 Å². The van der Waals surface area contributed by atoms with E-state index < -0.39 is 0 Å². The molecule has 0 saturated carbocycles. The van der Waals surface area contributed by atoms with Crippen molar-refractivity contribution in [2.45, 2.75) is 0 Å². The van der Waals surface area contributed by atoms with E-state index in [2.05, 4.69) is 38.0 Å². The standard InChI is InChI=1S/C10H24N3/c1-11-5-6-12(2)8-10-13(3,4)9-7-11/h5-10H2,1-4H3/q+1. The number of hydrogen-bond donors (Lipinski definition) is 0. The molecule has 0 aromatic carbocycles. The molecule has 0 radical (unpaired) electrons. The van der Waals surface area contributed by atoms with Gasteiger partial charge in [0.2, 0.25) is 0 Å².